The van der Waals surface area contributed by atoms with Gasteiger partial charge in [-0.15, -0.1) is 0 Å². The Morgan fingerprint density at radius 3 is 2.78 bits per heavy atom. The normalized spacial score (nSPS) is 9.89. The smallest absolute Gasteiger partial charge is 0.158 e. The average Bonchev–Trinajstić information content (AvgIpc) is 2.38. The lowest BCUT2D eigenvalue weighted by molar-refractivity contribution is 1.19. The number of aryl methyl sites for hydroxylation is 1. The zero-order chi connectivity index (χ0) is 13.1. The SMILES string of the molecule is Cc1cc(C#N)c(NN)nc1-c1cccc(Cl)c1. The molecule has 0 saturated heterocycles. The van der Waals surface area contributed by atoms with Crippen molar-refractivity contribution in [3.63, 3.8) is 0 Å². The van der Waals surface area contributed by atoms with E-state index in [-0.39, 0.29) is 0 Å². The first-order chi connectivity index (χ1) is 8.65. The van der Waals surface area contributed by atoms with Gasteiger partial charge < -0.3 is 5.43 Å². The van der Waals surface area contributed by atoms with E-state index in [0.29, 0.717) is 16.4 Å². The molecule has 0 unspecified atom stereocenters. The second kappa shape index (κ2) is 5.05. The van der Waals surface area contributed by atoms with Gasteiger partial charge in [-0.05, 0) is 30.7 Å². The summed E-state index contributed by atoms with van der Waals surface area (Å²) in [5, 5.41) is 9.61. The number of nitrogens with zero attached hydrogens (tertiary/aromatic N) is 2. The Bertz CT molecular complexity index is 631. The molecule has 90 valence electrons. The average molecular weight is 259 g/mol. The topological polar surface area (TPSA) is 74.7 Å². The maximum atomic E-state index is 8.97. The Hall–Kier alpha value is -2.09. The lowest BCUT2D eigenvalue weighted by Crippen LogP contribution is -2.11. The molecule has 2 aromatic rings. The van der Waals surface area contributed by atoms with Gasteiger partial charge in [-0.25, -0.2) is 10.8 Å². The van der Waals surface area contributed by atoms with Crippen LogP contribution in [-0.2, 0) is 0 Å². The van der Waals surface area contributed by atoms with Gasteiger partial charge >= 0.3 is 0 Å². The third-order valence-electron chi connectivity index (χ3n) is 2.57. The highest BCUT2D eigenvalue weighted by Gasteiger charge is 2.10. The zero-order valence-electron chi connectivity index (χ0n) is 9.74. The lowest BCUT2D eigenvalue weighted by Gasteiger charge is -2.09. The minimum absolute atomic E-state index is 0.359. The van der Waals surface area contributed by atoms with Crippen LogP contribution in [-0.4, -0.2) is 4.98 Å². The highest BCUT2D eigenvalue weighted by Crippen LogP contribution is 2.27. The molecular weight excluding hydrogens is 248 g/mol. The van der Waals surface area contributed by atoms with Gasteiger partial charge in [-0.3, -0.25) is 0 Å². The number of nitriles is 1. The fourth-order valence-corrected chi connectivity index (χ4v) is 1.93. The van der Waals surface area contributed by atoms with E-state index >= 15 is 0 Å². The monoisotopic (exact) mass is 258 g/mol. The second-order valence-electron chi connectivity index (χ2n) is 3.82. The number of nitrogen functional groups attached to an aromatic ring is 1. The largest absolute Gasteiger partial charge is 0.307 e. The number of aromatic nitrogens is 1. The third-order valence-corrected chi connectivity index (χ3v) is 2.80. The van der Waals surface area contributed by atoms with Gasteiger partial charge in [0.15, 0.2) is 5.82 Å². The lowest BCUT2D eigenvalue weighted by atomic mass is 10.0. The second-order valence-corrected chi connectivity index (χ2v) is 4.25. The number of hydrogen-bond donors (Lipinski definition) is 2. The molecule has 0 fully saturated rings. The molecule has 0 aliphatic rings. The summed E-state index contributed by atoms with van der Waals surface area (Å²) in [6.07, 6.45) is 0. The summed E-state index contributed by atoms with van der Waals surface area (Å²) in [6.45, 7) is 1.89. The summed E-state index contributed by atoms with van der Waals surface area (Å²) >= 11 is 5.96. The first-order valence-electron chi connectivity index (χ1n) is 5.30. The van der Waals surface area contributed by atoms with Gasteiger partial charge in [0.1, 0.15) is 6.07 Å². The van der Waals surface area contributed by atoms with Gasteiger partial charge in [-0.1, -0.05) is 23.7 Å². The van der Waals surface area contributed by atoms with Crippen LogP contribution in [0.2, 0.25) is 5.02 Å². The van der Waals surface area contributed by atoms with Crippen LogP contribution < -0.4 is 11.3 Å². The van der Waals surface area contributed by atoms with Crippen molar-refractivity contribution in [3.05, 3.63) is 46.5 Å². The van der Waals surface area contributed by atoms with Crippen LogP contribution >= 0.6 is 11.6 Å². The Balaban J connectivity index is 2.62. The van der Waals surface area contributed by atoms with E-state index in [0.717, 1.165) is 16.8 Å². The number of nitrogens with one attached hydrogen (secondary N) is 1. The molecule has 1 aromatic carbocycles. The first-order valence-corrected chi connectivity index (χ1v) is 5.68. The summed E-state index contributed by atoms with van der Waals surface area (Å²) in [6, 6.07) is 11.2. The Morgan fingerprint density at radius 1 is 1.39 bits per heavy atom. The maximum Gasteiger partial charge on any atom is 0.158 e. The molecule has 0 spiro atoms. The third kappa shape index (κ3) is 2.28. The molecule has 0 aliphatic carbocycles. The van der Waals surface area contributed by atoms with Crippen LogP contribution in [0.4, 0.5) is 5.82 Å². The summed E-state index contributed by atoms with van der Waals surface area (Å²) < 4.78 is 0. The molecule has 0 aliphatic heterocycles. The summed E-state index contributed by atoms with van der Waals surface area (Å²) in [7, 11) is 0. The van der Waals surface area contributed by atoms with Crippen molar-refractivity contribution in [3.8, 4) is 17.3 Å². The van der Waals surface area contributed by atoms with Crippen LogP contribution in [0.25, 0.3) is 11.3 Å². The van der Waals surface area contributed by atoms with E-state index in [4.69, 9.17) is 22.7 Å². The molecule has 1 heterocycles. The minimum atomic E-state index is 0.359. The first kappa shape index (κ1) is 12.4. The van der Waals surface area contributed by atoms with Gasteiger partial charge in [0, 0.05) is 10.6 Å². The van der Waals surface area contributed by atoms with Crippen LogP contribution in [0, 0.1) is 18.3 Å². The van der Waals surface area contributed by atoms with Gasteiger partial charge in [-0.2, -0.15) is 5.26 Å². The Kier molecular flexibility index (Phi) is 3.47. The highest BCUT2D eigenvalue weighted by molar-refractivity contribution is 6.30. The van der Waals surface area contributed by atoms with Crippen LogP contribution in [0.5, 0.6) is 0 Å². The van der Waals surface area contributed by atoms with Gasteiger partial charge in [0.25, 0.3) is 0 Å². The Morgan fingerprint density at radius 2 is 2.17 bits per heavy atom. The quantitative estimate of drug-likeness (QED) is 0.642. The van der Waals surface area contributed by atoms with Crippen LogP contribution in [0.3, 0.4) is 0 Å². The molecule has 4 nitrogen and oxygen atoms in total. The zero-order valence-corrected chi connectivity index (χ0v) is 10.5. The molecule has 0 bridgehead atoms. The van der Waals surface area contributed by atoms with Crippen molar-refractivity contribution in [1.82, 2.24) is 4.98 Å². The molecule has 2 rings (SSSR count). The summed E-state index contributed by atoms with van der Waals surface area (Å²) in [5.41, 5.74) is 5.39. The van der Waals surface area contributed by atoms with Crippen molar-refractivity contribution < 1.29 is 0 Å². The Labute approximate surface area is 110 Å². The number of anilines is 1. The van der Waals surface area contributed by atoms with E-state index < -0.39 is 0 Å². The number of hydrogen-bond acceptors (Lipinski definition) is 4. The van der Waals surface area contributed by atoms with Crippen molar-refractivity contribution in [2.45, 2.75) is 6.92 Å². The fraction of sp³-hybridized carbons (Fsp3) is 0.0769. The summed E-state index contributed by atoms with van der Waals surface area (Å²) in [5.74, 6) is 5.72. The van der Waals surface area contributed by atoms with Crippen molar-refractivity contribution in [2.24, 2.45) is 5.84 Å². The number of hydrazine groups is 1. The predicted octanol–water partition coefficient (Wildman–Crippen LogP) is 2.87. The van der Waals surface area contributed by atoms with Crippen molar-refractivity contribution in [2.75, 3.05) is 5.43 Å². The van der Waals surface area contributed by atoms with E-state index in [1.807, 2.05) is 31.2 Å². The van der Waals surface area contributed by atoms with Crippen molar-refractivity contribution >= 4 is 17.4 Å². The standard InChI is InChI=1S/C13H11ClN4/c1-8-5-10(7-15)13(18-16)17-12(8)9-3-2-4-11(14)6-9/h2-6H,16H2,1H3,(H,17,18). The number of pyridine rings is 1. The van der Waals surface area contributed by atoms with Gasteiger partial charge in [0.2, 0.25) is 0 Å². The number of benzene rings is 1. The molecule has 5 heteroatoms. The molecule has 18 heavy (non-hydrogen) atoms. The molecular formula is C13H11ClN4. The van der Waals surface area contributed by atoms with E-state index in [9.17, 15) is 0 Å². The van der Waals surface area contributed by atoms with E-state index in [1.165, 1.54) is 0 Å². The molecule has 0 amide bonds. The number of rotatable bonds is 2. The molecule has 0 saturated carbocycles. The van der Waals surface area contributed by atoms with E-state index in [1.54, 1.807) is 12.1 Å². The molecule has 0 radical (unpaired) electrons. The van der Waals surface area contributed by atoms with Gasteiger partial charge in [0.05, 0.1) is 11.3 Å². The van der Waals surface area contributed by atoms with Crippen LogP contribution in [0.15, 0.2) is 30.3 Å². The number of halogens is 1. The fourth-order valence-electron chi connectivity index (χ4n) is 1.74. The molecule has 0 atom stereocenters. The molecule has 1 aromatic heterocycles. The summed E-state index contributed by atoms with van der Waals surface area (Å²) in [4.78, 5) is 4.36. The predicted molar refractivity (Wildman–Crippen MR) is 71.9 cm³/mol. The van der Waals surface area contributed by atoms with E-state index in [2.05, 4.69) is 10.4 Å². The maximum absolute atomic E-state index is 8.97. The minimum Gasteiger partial charge on any atom is -0.307 e. The highest BCUT2D eigenvalue weighted by atomic mass is 35.5. The van der Waals surface area contributed by atoms with Crippen molar-refractivity contribution in [1.29, 1.82) is 5.26 Å². The number of nitrogens with two attached hydrogens (primary N) is 1. The van der Waals surface area contributed by atoms with Crippen LogP contribution in [0.1, 0.15) is 11.1 Å². The molecule has 3 N–H and O–H groups in total.